The molecule has 16 heavy (non-hydrogen) atoms. The Bertz CT molecular complexity index is 316. The molecule has 0 radical (unpaired) electrons. The maximum Gasteiger partial charge on any atom is 0.0639 e. The van der Waals surface area contributed by atoms with Crippen molar-refractivity contribution in [3.05, 3.63) is 60.3 Å². The molecule has 0 aliphatic rings. The van der Waals surface area contributed by atoms with Gasteiger partial charge in [0.2, 0.25) is 0 Å². The molecule has 0 rings (SSSR count). The van der Waals surface area contributed by atoms with Gasteiger partial charge in [-0.25, -0.2) is 0 Å². The highest BCUT2D eigenvalue weighted by molar-refractivity contribution is 5.25. The van der Waals surface area contributed by atoms with E-state index in [1.807, 2.05) is 44.2 Å². The van der Waals surface area contributed by atoms with Crippen LogP contribution in [0.3, 0.4) is 0 Å². The summed E-state index contributed by atoms with van der Waals surface area (Å²) < 4.78 is 0. The van der Waals surface area contributed by atoms with Crippen LogP contribution in [0.4, 0.5) is 0 Å². The molecule has 0 aliphatic heterocycles. The van der Waals surface area contributed by atoms with Gasteiger partial charge >= 0.3 is 0 Å². The Hall–Kier alpha value is -1.34. The fourth-order valence-corrected chi connectivity index (χ4v) is 1.06. The van der Waals surface area contributed by atoms with E-state index in [-0.39, 0.29) is 6.61 Å². The number of aliphatic hydroxyl groups excluding tert-OH is 1. The Morgan fingerprint density at radius 3 is 2.56 bits per heavy atom. The fourth-order valence-electron chi connectivity index (χ4n) is 1.06. The zero-order chi connectivity index (χ0) is 12.4. The molecule has 0 saturated carbocycles. The Kier molecular flexibility index (Phi) is 8.18. The zero-order valence-corrected chi connectivity index (χ0v) is 10.4. The normalized spacial score (nSPS) is 13.2. The molecule has 1 nitrogen and oxygen atoms in total. The maximum atomic E-state index is 8.81. The lowest BCUT2D eigenvalue weighted by molar-refractivity contribution is 0.331. The quantitative estimate of drug-likeness (QED) is 0.506. The first-order chi connectivity index (χ1) is 7.60. The smallest absolute Gasteiger partial charge is 0.0639 e. The van der Waals surface area contributed by atoms with Crippen molar-refractivity contribution in [3.8, 4) is 0 Å². The first-order valence-electron chi connectivity index (χ1n) is 5.51. The minimum atomic E-state index is 0.142. The van der Waals surface area contributed by atoms with Crippen LogP contribution in [0.15, 0.2) is 60.3 Å². The first kappa shape index (κ1) is 14.7. The lowest BCUT2D eigenvalue weighted by Gasteiger charge is -1.97. The largest absolute Gasteiger partial charge is 0.392 e. The lowest BCUT2D eigenvalue weighted by atomic mass is 10.1. The van der Waals surface area contributed by atoms with E-state index in [4.69, 9.17) is 5.11 Å². The standard InChI is InChI=1S/C15H22O/c1-5-13(2)8-6-9-14(3)10-7-11-15(4)12-16/h5-6,8-9,11,16H,1,3,7,10,12H2,2,4H3/b9-6+,13-8+,15-11+. The van der Waals surface area contributed by atoms with E-state index in [0.717, 1.165) is 29.6 Å². The van der Waals surface area contributed by atoms with Crippen molar-refractivity contribution in [3.63, 3.8) is 0 Å². The number of rotatable bonds is 7. The van der Waals surface area contributed by atoms with Crippen LogP contribution in [0.5, 0.6) is 0 Å². The highest BCUT2D eigenvalue weighted by atomic mass is 16.3. The molecule has 1 N–H and O–H groups in total. The average molecular weight is 218 g/mol. The molecule has 0 fully saturated rings. The summed E-state index contributed by atoms with van der Waals surface area (Å²) in [6.45, 7) is 11.7. The molecule has 0 heterocycles. The second-order valence-corrected chi connectivity index (χ2v) is 3.88. The Labute approximate surface area is 99.2 Å². The van der Waals surface area contributed by atoms with Gasteiger partial charge in [0.15, 0.2) is 0 Å². The summed E-state index contributed by atoms with van der Waals surface area (Å²) in [7, 11) is 0. The summed E-state index contributed by atoms with van der Waals surface area (Å²) in [6, 6.07) is 0. The van der Waals surface area contributed by atoms with Crippen LogP contribution in [-0.4, -0.2) is 11.7 Å². The van der Waals surface area contributed by atoms with Crippen molar-refractivity contribution in [2.24, 2.45) is 0 Å². The third kappa shape index (κ3) is 8.01. The summed E-state index contributed by atoms with van der Waals surface area (Å²) in [5.74, 6) is 0. The van der Waals surface area contributed by atoms with Crippen molar-refractivity contribution in [2.75, 3.05) is 6.61 Å². The van der Waals surface area contributed by atoms with Crippen LogP contribution < -0.4 is 0 Å². The molecule has 0 unspecified atom stereocenters. The predicted octanol–water partition coefficient (Wildman–Crippen LogP) is 3.95. The van der Waals surface area contributed by atoms with Crippen LogP contribution in [0.25, 0.3) is 0 Å². The number of aliphatic hydroxyl groups is 1. The molecule has 0 aliphatic carbocycles. The summed E-state index contributed by atoms with van der Waals surface area (Å²) in [4.78, 5) is 0. The van der Waals surface area contributed by atoms with Gasteiger partial charge in [0, 0.05) is 0 Å². The maximum absolute atomic E-state index is 8.81. The van der Waals surface area contributed by atoms with Gasteiger partial charge in [0.25, 0.3) is 0 Å². The second kappa shape index (κ2) is 8.93. The highest BCUT2D eigenvalue weighted by Gasteiger charge is 1.89. The Morgan fingerprint density at radius 2 is 2.00 bits per heavy atom. The minimum Gasteiger partial charge on any atom is -0.392 e. The topological polar surface area (TPSA) is 20.2 Å². The van der Waals surface area contributed by atoms with Crippen molar-refractivity contribution in [1.29, 1.82) is 0 Å². The van der Waals surface area contributed by atoms with Crippen LogP contribution in [0.2, 0.25) is 0 Å². The van der Waals surface area contributed by atoms with Crippen molar-refractivity contribution in [1.82, 2.24) is 0 Å². The number of allylic oxidation sites excluding steroid dienone is 7. The van der Waals surface area contributed by atoms with Crippen molar-refractivity contribution < 1.29 is 5.11 Å². The minimum absolute atomic E-state index is 0.142. The van der Waals surface area contributed by atoms with Crippen LogP contribution in [-0.2, 0) is 0 Å². The van der Waals surface area contributed by atoms with E-state index in [9.17, 15) is 0 Å². The molecule has 1 heteroatoms. The SMILES string of the molecule is C=C/C(C)=C/C=C/C(=C)CC/C=C(\C)CO. The van der Waals surface area contributed by atoms with Gasteiger partial charge in [0.05, 0.1) is 6.61 Å². The number of hydrogen-bond donors (Lipinski definition) is 1. The molecular weight excluding hydrogens is 196 g/mol. The van der Waals surface area contributed by atoms with E-state index < -0.39 is 0 Å². The molecule has 0 saturated heterocycles. The summed E-state index contributed by atoms with van der Waals surface area (Å²) in [5, 5.41) is 8.81. The molecule has 0 aromatic carbocycles. The van der Waals surface area contributed by atoms with E-state index in [0.29, 0.717) is 0 Å². The molecule has 0 aromatic rings. The summed E-state index contributed by atoms with van der Waals surface area (Å²) in [5.41, 5.74) is 3.24. The molecule has 0 atom stereocenters. The monoisotopic (exact) mass is 218 g/mol. The third-order valence-electron chi connectivity index (χ3n) is 2.22. The average Bonchev–Trinajstić information content (AvgIpc) is 2.28. The van der Waals surface area contributed by atoms with Gasteiger partial charge in [-0.1, -0.05) is 60.3 Å². The molecular formula is C15H22O. The highest BCUT2D eigenvalue weighted by Crippen LogP contribution is 2.07. The number of hydrogen-bond acceptors (Lipinski definition) is 1. The molecule has 0 aromatic heterocycles. The molecule has 0 amide bonds. The van der Waals surface area contributed by atoms with Gasteiger partial charge in [-0.3, -0.25) is 0 Å². The van der Waals surface area contributed by atoms with E-state index in [1.54, 1.807) is 0 Å². The van der Waals surface area contributed by atoms with Crippen LogP contribution >= 0.6 is 0 Å². The molecule has 0 spiro atoms. The van der Waals surface area contributed by atoms with E-state index >= 15 is 0 Å². The molecule has 0 bridgehead atoms. The van der Waals surface area contributed by atoms with Gasteiger partial charge in [-0.05, 0) is 26.7 Å². The zero-order valence-electron chi connectivity index (χ0n) is 10.4. The van der Waals surface area contributed by atoms with Gasteiger partial charge < -0.3 is 5.11 Å². The summed E-state index contributed by atoms with van der Waals surface area (Å²) >= 11 is 0. The Balaban J connectivity index is 3.96. The van der Waals surface area contributed by atoms with Crippen molar-refractivity contribution >= 4 is 0 Å². The van der Waals surface area contributed by atoms with E-state index in [2.05, 4.69) is 13.2 Å². The van der Waals surface area contributed by atoms with Gasteiger partial charge in [0.1, 0.15) is 0 Å². The second-order valence-electron chi connectivity index (χ2n) is 3.88. The fraction of sp³-hybridized carbons (Fsp3) is 0.333. The van der Waals surface area contributed by atoms with Crippen LogP contribution in [0.1, 0.15) is 26.7 Å². The molecule has 88 valence electrons. The lowest BCUT2D eigenvalue weighted by Crippen LogP contribution is -1.84. The van der Waals surface area contributed by atoms with Gasteiger partial charge in [-0.2, -0.15) is 0 Å². The predicted molar refractivity (Wildman–Crippen MR) is 72.3 cm³/mol. The van der Waals surface area contributed by atoms with Crippen molar-refractivity contribution in [2.45, 2.75) is 26.7 Å². The van der Waals surface area contributed by atoms with Crippen LogP contribution in [0, 0.1) is 0 Å². The summed E-state index contributed by atoms with van der Waals surface area (Å²) in [6.07, 6.45) is 11.7. The van der Waals surface area contributed by atoms with E-state index in [1.165, 1.54) is 0 Å². The first-order valence-corrected chi connectivity index (χ1v) is 5.51. The van der Waals surface area contributed by atoms with Gasteiger partial charge in [-0.15, -0.1) is 0 Å². The third-order valence-corrected chi connectivity index (χ3v) is 2.22. The Morgan fingerprint density at radius 1 is 1.31 bits per heavy atom.